The molecule has 1 heterocycles. The molecular formula is C21H19Cl2N5O6. The van der Waals surface area contributed by atoms with Gasteiger partial charge in [-0.1, -0.05) is 35.3 Å². The molecule has 1 aromatic heterocycles. The van der Waals surface area contributed by atoms with Gasteiger partial charge in [0.2, 0.25) is 0 Å². The van der Waals surface area contributed by atoms with Crippen LogP contribution in [0.5, 0.6) is 5.75 Å². The molecule has 0 amide bonds. The molecule has 34 heavy (non-hydrogen) atoms. The Labute approximate surface area is 203 Å². The lowest BCUT2D eigenvalue weighted by molar-refractivity contribution is -0.384. The number of nitrogens with zero attached hydrogens (tertiary/aromatic N) is 4. The first-order valence-electron chi connectivity index (χ1n) is 9.95. The van der Waals surface area contributed by atoms with Crippen molar-refractivity contribution in [1.82, 2.24) is 15.2 Å². The summed E-state index contributed by atoms with van der Waals surface area (Å²) in [5, 5.41) is 19.5. The highest BCUT2D eigenvalue weighted by Crippen LogP contribution is 2.34. The number of carbonyl (C=O) groups is 1. The number of hydrogen-bond acceptors (Lipinski definition) is 10. The van der Waals surface area contributed by atoms with Crippen molar-refractivity contribution in [3.8, 4) is 17.0 Å². The third-order valence-corrected chi connectivity index (χ3v) is 5.17. The van der Waals surface area contributed by atoms with Gasteiger partial charge in [0.1, 0.15) is 18.1 Å². The molecule has 0 bridgehead atoms. The van der Waals surface area contributed by atoms with E-state index < -0.39 is 11.1 Å². The van der Waals surface area contributed by atoms with Crippen molar-refractivity contribution in [3.05, 3.63) is 68.4 Å². The van der Waals surface area contributed by atoms with Gasteiger partial charge < -0.3 is 19.9 Å². The quantitative estimate of drug-likeness (QED) is 0.136. The van der Waals surface area contributed by atoms with Crippen LogP contribution < -0.4 is 10.5 Å². The van der Waals surface area contributed by atoms with E-state index in [9.17, 15) is 14.9 Å². The third-order valence-electron chi connectivity index (χ3n) is 4.35. The number of hydrogen-bond donors (Lipinski definition) is 1. The topological polar surface area (TPSA) is 153 Å². The molecule has 0 aliphatic carbocycles. The fraction of sp³-hybridized carbons (Fsp3) is 0.238. The molecule has 11 nitrogen and oxygen atoms in total. The van der Waals surface area contributed by atoms with Gasteiger partial charge in [0.15, 0.2) is 11.6 Å². The number of nitrogen functional groups attached to an aromatic ring is 1. The molecule has 0 unspecified atom stereocenters. The lowest BCUT2D eigenvalue weighted by Gasteiger charge is -2.08. The van der Waals surface area contributed by atoms with Crippen molar-refractivity contribution in [3.63, 3.8) is 0 Å². The van der Waals surface area contributed by atoms with Gasteiger partial charge in [0, 0.05) is 30.7 Å². The average Bonchev–Trinajstić information content (AvgIpc) is 2.81. The van der Waals surface area contributed by atoms with E-state index in [1.54, 1.807) is 18.2 Å². The maximum atomic E-state index is 11.6. The molecule has 2 N–H and O–H groups in total. The summed E-state index contributed by atoms with van der Waals surface area (Å²) in [5.41, 5.74) is 6.80. The van der Waals surface area contributed by atoms with Gasteiger partial charge in [0.05, 0.1) is 21.6 Å². The second-order valence-corrected chi connectivity index (χ2v) is 7.52. The van der Waals surface area contributed by atoms with Gasteiger partial charge in [-0.15, -0.1) is 10.2 Å². The van der Waals surface area contributed by atoms with Crippen LogP contribution in [0.2, 0.25) is 10.0 Å². The summed E-state index contributed by atoms with van der Waals surface area (Å²) in [5.74, 6) is 0.772. The Morgan fingerprint density at radius 1 is 1.06 bits per heavy atom. The first-order valence-corrected chi connectivity index (χ1v) is 10.7. The summed E-state index contributed by atoms with van der Waals surface area (Å²) in [6.07, 6.45) is 0.127. The molecule has 0 saturated carbocycles. The van der Waals surface area contributed by atoms with Crippen LogP contribution in [-0.4, -0.2) is 46.1 Å². The molecule has 0 radical (unpaired) electrons. The maximum Gasteiger partial charge on any atom is 0.513 e. The number of halogens is 2. The zero-order valence-corrected chi connectivity index (χ0v) is 19.2. The van der Waals surface area contributed by atoms with Gasteiger partial charge in [-0.25, -0.2) is 9.78 Å². The third kappa shape index (κ3) is 6.98. The van der Waals surface area contributed by atoms with Crippen LogP contribution in [0.4, 0.5) is 16.3 Å². The van der Waals surface area contributed by atoms with Gasteiger partial charge in [-0.2, -0.15) is 0 Å². The summed E-state index contributed by atoms with van der Waals surface area (Å²) in [6, 6.07) is 10.2. The van der Waals surface area contributed by atoms with Crippen LogP contribution >= 0.6 is 23.2 Å². The summed E-state index contributed by atoms with van der Waals surface area (Å²) < 4.78 is 15.2. The number of aryl methyl sites for hydroxylation is 1. The standard InChI is InChI=1S/C21H19Cl2N5O6/c22-16-4-1-3-15(18(16)23)19-20(24)25-17(26-27-19)5-2-10-32-11-12-33-21(29)34-14-8-6-13(7-9-14)28(30)31/h1,3-4,6-9H,2,5,10-12H2,(H2,24,25,26). The number of nitro groups is 1. The molecule has 3 rings (SSSR count). The maximum absolute atomic E-state index is 11.6. The number of nitrogens with two attached hydrogens (primary N) is 1. The van der Waals surface area contributed by atoms with Crippen LogP contribution in [-0.2, 0) is 15.9 Å². The molecular weight excluding hydrogens is 489 g/mol. The van der Waals surface area contributed by atoms with Crippen molar-refractivity contribution in [2.24, 2.45) is 0 Å². The van der Waals surface area contributed by atoms with Gasteiger partial charge in [-0.3, -0.25) is 10.1 Å². The van der Waals surface area contributed by atoms with Crippen LogP contribution in [0.25, 0.3) is 11.3 Å². The molecule has 0 fully saturated rings. The Balaban J connectivity index is 1.34. The largest absolute Gasteiger partial charge is 0.513 e. The van der Waals surface area contributed by atoms with E-state index in [-0.39, 0.29) is 30.5 Å². The van der Waals surface area contributed by atoms with Crippen molar-refractivity contribution in [1.29, 1.82) is 0 Å². The number of non-ortho nitro benzene ring substituents is 1. The average molecular weight is 508 g/mol. The predicted octanol–water partition coefficient (Wildman–Crippen LogP) is 4.50. The first-order chi connectivity index (χ1) is 16.3. The van der Waals surface area contributed by atoms with E-state index in [0.717, 1.165) is 0 Å². The summed E-state index contributed by atoms with van der Waals surface area (Å²) >= 11 is 12.2. The second kappa shape index (κ2) is 12.1. The predicted molar refractivity (Wildman–Crippen MR) is 124 cm³/mol. The Bertz CT molecular complexity index is 1160. The number of aromatic nitrogens is 3. The van der Waals surface area contributed by atoms with Gasteiger partial charge in [-0.05, 0) is 24.6 Å². The fourth-order valence-electron chi connectivity index (χ4n) is 2.74. The molecule has 178 valence electrons. The van der Waals surface area contributed by atoms with Crippen LogP contribution in [0.3, 0.4) is 0 Å². The molecule has 0 atom stereocenters. The smallest absolute Gasteiger partial charge is 0.432 e. The number of nitro benzene ring substituents is 1. The lowest BCUT2D eigenvalue weighted by Crippen LogP contribution is -2.15. The van der Waals surface area contributed by atoms with Crippen LogP contribution in [0.15, 0.2) is 42.5 Å². The minimum Gasteiger partial charge on any atom is -0.432 e. The van der Waals surface area contributed by atoms with E-state index in [1.165, 1.54) is 24.3 Å². The van der Waals surface area contributed by atoms with Gasteiger partial charge >= 0.3 is 6.16 Å². The summed E-state index contributed by atoms with van der Waals surface area (Å²) in [6.45, 7) is 0.501. The van der Waals surface area contributed by atoms with Crippen molar-refractivity contribution in [2.75, 3.05) is 25.6 Å². The molecule has 0 aliphatic rings. The number of carbonyl (C=O) groups excluding carboxylic acids is 1. The van der Waals surface area contributed by atoms with E-state index >= 15 is 0 Å². The first kappa shape index (κ1) is 25.1. The Kier molecular flexibility index (Phi) is 8.91. The van der Waals surface area contributed by atoms with Crippen molar-refractivity contribution in [2.45, 2.75) is 12.8 Å². The highest BCUT2D eigenvalue weighted by molar-refractivity contribution is 6.43. The minimum atomic E-state index is -0.938. The molecule has 0 spiro atoms. The van der Waals surface area contributed by atoms with E-state index in [1.807, 2.05) is 0 Å². The summed E-state index contributed by atoms with van der Waals surface area (Å²) in [4.78, 5) is 25.9. The van der Waals surface area contributed by atoms with Crippen LogP contribution in [0, 0.1) is 10.1 Å². The van der Waals surface area contributed by atoms with E-state index in [4.69, 9.17) is 43.1 Å². The minimum absolute atomic E-state index is 0.0219. The van der Waals surface area contributed by atoms with E-state index in [2.05, 4.69) is 15.2 Å². The zero-order chi connectivity index (χ0) is 24.5. The van der Waals surface area contributed by atoms with Crippen molar-refractivity contribution < 1.29 is 23.9 Å². The van der Waals surface area contributed by atoms with Crippen LogP contribution in [0.1, 0.15) is 12.2 Å². The zero-order valence-electron chi connectivity index (χ0n) is 17.6. The second-order valence-electron chi connectivity index (χ2n) is 6.73. The SMILES string of the molecule is Nc1nc(CCCOCCOC(=O)Oc2ccc([N+](=O)[O-])cc2)nnc1-c1cccc(Cl)c1Cl. The monoisotopic (exact) mass is 507 g/mol. The number of anilines is 1. The summed E-state index contributed by atoms with van der Waals surface area (Å²) in [7, 11) is 0. The molecule has 13 heteroatoms. The molecule has 0 saturated heterocycles. The number of ether oxygens (including phenoxy) is 3. The van der Waals surface area contributed by atoms with Crippen molar-refractivity contribution >= 4 is 40.9 Å². The molecule has 0 aliphatic heterocycles. The number of benzene rings is 2. The highest BCUT2D eigenvalue weighted by atomic mass is 35.5. The highest BCUT2D eigenvalue weighted by Gasteiger charge is 2.14. The van der Waals surface area contributed by atoms with E-state index in [0.29, 0.717) is 46.6 Å². The Morgan fingerprint density at radius 3 is 2.53 bits per heavy atom. The normalized spacial score (nSPS) is 10.6. The van der Waals surface area contributed by atoms with Gasteiger partial charge in [0.25, 0.3) is 5.69 Å². The Morgan fingerprint density at radius 2 is 1.82 bits per heavy atom. The fourth-order valence-corrected chi connectivity index (χ4v) is 3.13. The molecule has 2 aromatic carbocycles. The lowest BCUT2D eigenvalue weighted by atomic mass is 10.1. The molecule has 3 aromatic rings. The Hall–Kier alpha value is -3.54. The number of rotatable bonds is 10.